The van der Waals surface area contributed by atoms with Crippen LogP contribution in [0.5, 0.6) is 5.75 Å². The van der Waals surface area contributed by atoms with Gasteiger partial charge in [0.25, 0.3) is 5.91 Å². The normalized spacial score (nSPS) is 12.3. The third-order valence-corrected chi connectivity index (χ3v) is 4.54. The minimum absolute atomic E-state index is 0.0568. The van der Waals surface area contributed by atoms with E-state index in [2.05, 4.69) is 20.8 Å². The van der Waals surface area contributed by atoms with Gasteiger partial charge in [0.1, 0.15) is 5.75 Å². The molecular weight excluding hydrogens is 352 g/mol. The highest BCUT2D eigenvalue weighted by Crippen LogP contribution is 2.25. The molecule has 5 heteroatoms. The van der Waals surface area contributed by atoms with E-state index in [1.54, 1.807) is 11.8 Å². The quantitative estimate of drug-likeness (QED) is 0.757. The number of ether oxygens (including phenoxy) is 1. The molecule has 0 heterocycles. The maximum atomic E-state index is 12.9. The van der Waals surface area contributed by atoms with Gasteiger partial charge in [-0.25, -0.2) is 0 Å². The number of nitrogens with zero attached hydrogens (tertiary/aromatic N) is 1. The van der Waals surface area contributed by atoms with Gasteiger partial charge in [-0.2, -0.15) is 0 Å². The molecule has 5 nitrogen and oxygen atoms in total. The Kier molecular flexibility index (Phi) is 7.21. The topological polar surface area (TPSA) is 72.6 Å². The van der Waals surface area contributed by atoms with E-state index in [1.165, 1.54) is 5.56 Å². The van der Waals surface area contributed by atoms with Crippen LogP contribution in [-0.2, 0) is 21.5 Å². The molecule has 150 valence electrons. The second-order valence-electron chi connectivity index (χ2n) is 8.00. The number of rotatable bonds is 8. The maximum absolute atomic E-state index is 12.9. The van der Waals surface area contributed by atoms with Crippen LogP contribution in [0.3, 0.4) is 0 Å². The molecule has 2 N–H and O–H groups in total. The molecule has 2 amide bonds. The summed E-state index contributed by atoms with van der Waals surface area (Å²) >= 11 is 0. The largest absolute Gasteiger partial charge is 0.481 e. The molecule has 0 aliphatic rings. The highest BCUT2D eigenvalue weighted by Gasteiger charge is 2.23. The lowest BCUT2D eigenvalue weighted by Gasteiger charge is -2.26. The molecule has 1 unspecified atom stereocenters. The van der Waals surface area contributed by atoms with Crippen LogP contribution in [0.15, 0.2) is 54.6 Å². The zero-order valence-electron chi connectivity index (χ0n) is 17.1. The molecule has 0 radical (unpaired) electrons. The molecule has 2 aromatic carbocycles. The van der Waals surface area contributed by atoms with E-state index in [4.69, 9.17) is 10.5 Å². The molecule has 1 atom stereocenters. The first-order valence-corrected chi connectivity index (χ1v) is 9.55. The van der Waals surface area contributed by atoms with Crippen LogP contribution < -0.4 is 10.5 Å². The molecule has 0 fully saturated rings. The molecule has 2 rings (SSSR count). The number of benzene rings is 2. The Bertz CT molecular complexity index is 780. The lowest BCUT2D eigenvalue weighted by molar-refractivity contribution is -0.139. The lowest BCUT2D eigenvalue weighted by Crippen LogP contribution is -2.41. The van der Waals surface area contributed by atoms with Crippen molar-refractivity contribution < 1.29 is 14.3 Å². The Morgan fingerprint density at radius 3 is 2.18 bits per heavy atom. The van der Waals surface area contributed by atoms with Gasteiger partial charge in [0.05, 0.1) is 0 Å². The Morgan fingerprint density at radius 1 is 1.04 bits per heavy atom. The van der Waals surface area contributed by atoms with E-state index in [9.17, 15) is 9.59 Å². The molecule has 0 spiro atoms. The van der Waals surface area contributed by atoms with Crippen molar-refractivity contribution in [3.63, 3.8) is 0 Å². The fourth-order valence-electron chi connectivity index (χ4n) is 2.86. The second kappa shape index (κ2) is 9.40. The minimum Gasteiger partial charge on any atom is -0.481 e. The van der Waals surface area contributed by atoms with Gasteiger partial charge < -0.3 is 15.4 Å². The molecular formula is C23H30N2O3. The predicted octanol–water partition coefficient (Wildman–Crippen LogP) is 3.66. The fraction of sp³-hybridized carbons (Fsp3) is 0.391. The van der Waals surface area contributed by atoms with Gasteiger partial charge in [-0.1, -0.05) is 63.2 Å². The number of nitrogens with two attached hydrogens (primary N) is 1. The first kappa shape index (κ1) is 21.5. The van der Waals surface area contributed by atoms with Crippen LogP contribution >= 0.6 is 0 Å². The third kappa shape index (κ3) is 6.41. The minimum atomic E-state index is -0.669. The predicted molar refractivity (Wildman–Crippen MR) is 111 cm³/mol. The van der Waals surface area contributed by atoms with E-state index < -0.39 is 12.0 Å². The van der Waals surface area contributed by atoms with Crippen molar-refractivity contribution in [1.82, 2.24) is 4.90 Å². The Labute approximate surface area is 167 Å². The van der Waals surface area contributed by atoms with Gasteiger partial charge >= 0.3 is 0 Å². The number of primary amides is 1. The highest BCUT2D eigenvalue weighted by molar-refractivity contribution is 5.82. The van der Waals surface area contributed by atoms with Crippen molar-refractivity contribution in [2.75, 3.05) is 6.54 Å². The zero-order valence-corrected chi connectivity index (χ0v) is 17.1. The van der Waals surface area contributed by atoms with Crippen LogP contribution in [0.1, 0.15) is 45.2 Å². The van der Waals surface area contributed by atoms with Crippen molar-refractivity contribution in [1.29, 1.82) is 0 Å². The molecule has 0 aliphatic heterocycles. The van der Waals surface area contributed by atoms with Crippen LogP contribution in [0.25, 0.3) is 0 Å². The highest BCUT2D eigenvalue weighted by atomic mass is 16.5. The van der Waals surface area contributed by atoms with Crippen molar-refractivity contribution >= 4 is 11.8 Å². The summed E-state index contributed by atoms with van der Waals surface area (Å²) in [7, 11) is 0. The molecule has 0 saturated heterocycles. The average molecular weight is 383 g/mol. The Hall–Kier alpha value is -2.82. The van der Waals surface area contributed by atoms with Crippen molar-refractivity contribution in [3.05, 3.63) is 65.7 Å². The second-order valence-corrected chi connectivity index (χ2v) is 8.00. The molecule has 0 bridgehead atoms. The van der Waals surface area contributed by atoms with Gasteiger partial charge in [0.2, 0.25) is 5.91 Å². The van der Waals surface area contributed by atoms with Crippen molar-refractivity contribution in [2.45, 2.75) is 52.2 Å². The van der Waals surface area contributed by atoms with Gasteiger partial charge in [-0.15, -0.1) is 0 Å². The monoisotopic (exact) mass is 382 g/mol. The van der Waals surface area contributed by atoms with Crippen molar-refractivity contribution in [3.8, 4) is 5.75 Å². The van der Waals surface area contributed by atoms with Crippen LogP contribution in [0.2, 0.25) is 0 Å². The van der Waals surface area contributed by atoms with E-state index in [0.29, 0.717) is 12.3 Å². The number of carbonyl (C=O) groups excluding carboxylic acids is 2. The number of hydrogen-bond donors (Lipinski definition) is 1. The number of carbonyl (C=O) groups is 2. The number of hydrogen-bond acceptors (Lipinski definition) is 3. The standard InChI is InChI=1S/C23H30N2O3/c1-17(28-20-12-10-19(11-13-20)23(2,3)4)22(27)25(15-14-21(24)26)16-18-8-6-5-7-9-18/h5-13,17H,14-16H2,1-4H3,(H2,24,26). The first-order valence-electron chi connectivity index (χ1n) is 9.55. The summed E-state index contributed by atoms with van der Waals surface area (Å²) in [6.45, 7) is 8.84. The third-order valence-electron chi connectivity index (χ3n) is 4.54. The summed E-state index contributed by atoms with van der Waals surface area (Å²) in [6.07, 6.45) is -0.553. The van der Waals surface area contributed by atoms with Crippen LogP contribution in [-0.4, -0.2) is 29.4 Å². The summed E-state index contributed by atoms with van der Waals surface area (Å²) in [5.74, 6) is 0.0330. The van der Waals surface area contributed by atoms with E-state index in [0.717, 1.165) is 5.56 Å². The maximum Gasteiger partial charge on any atom is 0.263 e. The molecule has 0 aliphatic carbocycles. The SMILES string of the molecule is CC(Oc1ccc(C(C)(C)C)cc1)C(=O)N(CCC(N)=O)Cc1ccccc1. The fourth-order valence-corrected chi connectivity index (χ4v) is 2.86. The molecule has 0 aromatic heterocycles. The Balaban J connectivity index is 2.07. The van der Waals surface area contributed by atoms with Gasteiger partial charge in [0.15, 0.2) is 6.10 Å². The van der Waals surface area contributed by atoms with Gasteiger partial charge in [-0.05, 0) is 35.6 Å². The molecule has 28 heavy (non-hydrogen) atoms. The van der Waals surface area contributed by atoms with E-state index >= 15 is 0 Å². The van der Waals surface area contributed by atoms with Gasteiger partial charge in [-0.3, -0.25) is 9.59 Å². The van der Waals surface area contributed by atoms with Crippen LogP contribution in [0.4, 0.5) is 0 Å². The summed E-state index contributed by atoms with van der Waals surface area (Å²) in [5, 5.41) is 0. The first-order chi connectivity index (χ1) is 13.2. The summed E-state index contributed by atoms with van der Waals surface area (Å²) < 4.78 is 5.86. The summed E-state index contributed by atoms with van der Waals surface area (Å²) in [5.41, 5.74) is 7.52. The molecule has 2 aromatic rings. The smallest absolute Gasteiger partial charge is 0.263 e. The summed E-state index contributed by atoms with van der Waals surface area (Å²) in [6, 6.07) is 17.5. The lowest BCUT2D eigenvalue weighted by atomic mass is 9.87. The van der Waals surface area contributed by atoms with E-state index in [1.807, 2.05) is 54.6 Å². The van der Waals surface area contributed by atoms with Crippen LogP contribution in [0, 0.1) is 0 Å². The summed E-state index contributed by atoms with van der Waals surface area (Å²) in [4.78, 5) is 25.8. The van der Waals surface area contributed by atoms with Gasteiger partial charge in [0, 0.05) is 19.5 Å². The Morgan fingerprint density at radius 2 is 1.64 bits per heavy atom. The molecule has 0 saturated carbocycles. The zero-order chi connectivity index (χ0) is 20.7. The van der Waals surface area contributed by atoms with Crippen molar-refractivity contribution in [2.24, 2.45) is 5.73 Å². The average Bonchev–Trinajstić information content (AvgIpc) is 2.65. The number of amides is 2. The van der Waals surface area contributed by atoms with E-state index in [-0.39, 0.29) is 24.3 Å².